The summed E-state index contributed by atoms with van der Waals surface area (Å²) in [6.45, 7) is 6.54. The first kappa shape index (κ1) is 11.5. The highest BCUT2D eigenvalue weighted by atomic mass is 14.7. The van der Waals surface area contributed by atoms with Crippen LogP contribution in [0.15, 0.2) is 36.7 Å². The maximum absolute atomic E-state index is 4.29. The van der Waals surface area contributed by atoms with Gasteiger partial charge in [0.15, 0.2) is 0 Å². The minimum absolute atomic E-state index is 1.25. The molecule has 0 spiro atoms. The second-order valence-corrected chi connectivity index (χ2v) is 5.54. The summed E-state index contributed by atoms with van der Waals surface area (Å²) in [5.74, 6) is 0. The van der Waals surface area contributed by atoms with Gasteiger partial charge in [0, 0.05) is 34.1 Å². The Hall–Kier alpha value is -2.35. The van der Waals surface area contributed by atoms with E-state index in [1.807, 2.05) is 12.4 Å². The Morgan fingerprint density at radius 2 is 1.70 bits per heavy atom. The first-order valence-corrected chi connectivity index (χ1v) is 6.92. The van der Waals surface area contributed by atoms with Gasteiger partial charge in [0.05, 0.1) is 5.52 Å². The summed E-state index contributed by atoms with van der Waals surface area (Å²) in [5, 5.41) is 5.18. The first-order chi connectivity index (χ1) is 9.68. The topological polar surface area (TPSA) is 28.7 Å². The van der Waals surface area contributed by atoms with Crippen LogP contribution in [0.3, 0.4) is 0 Å². The van der Waals surface area contributed by atoms with E-state index in [1.54, 1.807) is 0 Å². The van der Waals surface area contributed by atoms with Gasteiger partial charge in [-0.15, -0.1) is 0 Å². The van der Waals surface area contributed by atoms with Crippen LogP contribution in [0.1, 0.15) is 16.7 Å². The van der Waals surface area contributed by atoms with Gasteiger partial charge in [-0.25, -0.2) is 0 Å². The number of benzene rings is 2. The molecule has 2 nitrogen and oxygen atoms in total. The maximum Gasteiger partial charge on any atom is 0.0503 e. The lowest BCUT2D eigenvalue weighted by Gasteiger charge is -2.08. The zero-order chi connectivity index (χ0) is 13.9. The van der Waals surface area contributed by atoms with Crippen molar-refractivity contribution in [3.8, 4) is 0 Å². The quantitative estimate of drug-likeness (QED) is 0.483. The van der Waals surface area contributed by atoms with Gasteiger partial charge in [0.25, 0.3) is 0 Å². The second kappa shape index (κ2) is 3.83. The van der Waals surface area contributed by atoms with Crippen LogP contribution in [0.5, 0.6) is 0 Å². The number of aryl methyl sites for hydroxylation is 3. The van der Waals surface area contributed by atoms with Crippen molar-refractivity contribution >= 4 is 32.6 Å². The van der Waals surface area contributed by atoms with Gasteiger partial charge in [-0.2, -0.15) is 0 Å². The predicted molar refractivity (Wildman–Crippen MR) is 85.3 cm³/mol. The van der Waals surface area contributed by atoms with E-state index in [-0.39, 0.29) is 0 Å². The molecular weight excluding hydrogens is 244 g/mol. The van der Waals surface area contributed by atoms with E-state index >= 15 is 0 Å². The summed E-state index contributed by atoms with van der Waals surface area (Å²) >= 11 is 0. The van der Waals surface area contributed by atoms with Crippen LogP contribution in [-0.4, -0.2) is 9.97 Å². The zero-order valence-corrected chi connectivity index (χ0v) is 11.9. The maximum atomic E-state index is 4.29. The Morgan fingerprint density at radius 1 is 0.850 bits per heavy atom. The van der Waals surface area contributed by atoms with E-state index in [9.17, 15) is 0 Å². The summed E-state index contributed by atoms with van der Waals surface area (Å²) in [5.41, 5.74) is 6.41. The third-order valence-corrected chi connectivity index (χ3v) is 4.42. The average molecular weight is 260 g/mol. The van der Waals surface area contributed by atoms with E-state index in [1.165, 1.54) is 49.3 Å². The molecule has 0 fully saturated rings. The Bertz CT molecular complexity index is 977. The van der Waals surface area contributed by atoms with Crippen molar-refractivity contribution in [3.05, 3.63) is 53.3 Å². The summed E-state index contributed by atoms with van der Waals surface area (Å²) in [6, 6.07) is 8.60. The number of rotatable bonds is 0. The van der Waals surface area contributed by atoms with Gasteiger partial charge >= 0.3 is 0 Å². The molecule has 2 aromatic carbocycles. The highest BCUT2D eigenvalue weighted by Crippen LogP contribution is 2.36. The van der Waals surface area contributed by atoms with Gasteiger partial charge in [-0.3, -0.25) is 4.98 Å². The molecule has 4 rings (SSSR count). The van der Waals surface area contributed by atoms with Crippen LogP contribution in [0.2, 0.25) is 0 Å². The van der Waals surface area contributed by atoms with Gasteiger partial charge < -0.3 is 4.98 Å². The van der Waals surface area contributed by atoms with Crippen molar-refractivity contribution in [3.63, 3.8) is 0 Å². The molecule has 0 saturated heterocycles. The second-order valence-electron chi connectivity index (χ2n) is 5.54. The average Bonchev–Trinajstić information content (AvgIpc) is 2.86. The number of fused-ring (bicyclic) bond motifs is 4. The minimum Gasteiger partial charge on any atom is -0.354 e. The molecule has 0 aliphatic carbocycles. The van der Waals surface area contributed by atoms with Crippen molar-refractivity contribution in [1.82, 2.24) is 9.97 Å². The molecule has 0 bridgehead atoms. The summed E-state index contributed by atoms with van der Waals surface area (Å²) in [4.78, 5) is 7.92. The zero-order valence-electron chi connectivity index (χ0n) is 11.9. The molecule has 0 radical (unpaired) electrons. The molecule has 0 amide bonds. The monoisotopic (exact) mass is 260 g/mol. The first-order valence-electron chi connectivity index (χ1n) is 6.92. The third kappa shape index (κ3) is 1.31. The molecule has 0 aliphatic rings. The van der Waals surface area contributed by atoms with E-state index < -0.39 is 0 Å². The highest BCUT2D eigenvalue weighted by molar-refractivity contribution is 6.16. The third-order valence-electron chi connectivity index (χ3n) is 4.42. The van der Waals surface area contributed by atoms with E-state index in [4.69, 9.17) is 0 Å². The molecule has 1 N–H and O–H groups in total. The molecular formula is C18H16N2. The molecule has 0 unspecified atom stereocenters. The number of nitrogens with zero attached hydrogens (tertiary/aromatic N) is 1. The van der Waals surface area contributed by atoms with Gasteiger partial charge in [-0.05, 0) is 48.9 Å². The fourth-order valence-corrected chi connectivity index (χ4v) is 3.32. The van der Waals surface area contributed by atoms with Gasteiger partial charge in [0.1, 0.15) is 0 Å². The van der Waals surface area contributed by atoms with Gasteiger partial charge in [-0.1, -0.05) is 18.2 Å². The van der Waals surface area contributed by atoms with Crippen LogP contribution in [-0.2, 0) is 0 Å². The number of aromatic amines is 1. The number of para-hydroxylation sites is 1. The summed E-state index contributed by atoms with van der Waals surface area (Å²) in [7, 11) is 0. The molecule has 2 heterocycles. The van der Waals surface area contributed by atoms with E-state index in [0.717, 1.165) is 0 Å². The summed E-state index contributed by atoms with van der Waals surface area (Å²) in [6.07, 6.45) is 3.85. The predicted octanol–water partition coefficient (Wildman–Crippen LogP) is 4.79. The van der Waals surface area contributed by atoms with Crippen LogP contribution >= 0.6 is 0 Å². The Balaban J connectivity index is 2.39. The highest BCUT2D eigenvalue weighted by Gasteiger charge is 2.14. The lowest BCUT2D eigenvalue weighted by atomic mass is 9.97. The molecule has 2 aromatic heterocycles. The number of hydrogen-bond acceptors (Lipinski definition) is 1. The molecule has 0 saturated carbocycles. The lowest BCUT2D eigenvalue weighted by molar-refractivity contribution is 1.35. The Kier molecular flexibility index (Phi) is 2.19. The van der Waals surface area contributed by atoms with Crippen LogP contribution in [0, 0.1) is 20.8 Å². The Morgan fingerprint density at radius 3 is 2.55 bits per heavy atom. The smallest absolute Gasteiger partial charge is 0.0503 e. The number of pyridine rings is 1. The molecule has 4 aromatic rings. The molecule has 0 aliphatic heterocycles. The van der Waals surface area contributed by atoms with Crippen LogP contribution in [0.4, 0.5) is 0 Å². The SMILES string of the molecule is Cc1cccc2c1[nH]c1c(C)c3ccncc3c(C)c12. The molecule has 98 valence electrons. The minimum atomic E-state index is 1.25. The van der Waals surface area contributed by atoms with Crippen molar-refractivity contribution in [1.29, 1.82) is 0 Å². The number of hydrogen-bond donors (Lipinski definition) is 1. The van der Waals surface area contributed by atoms with E-state index in [2.05, 4.69) is 55.0 Å². The normalized spacial score (nSPS) is 11.8. The number of nitrogens with one attached hydrogen (secondary N) is 1. The standard InChI is InChI=1S/C18H16N2/c1-10-5-4-6-14-16-11(2)15-9-19-8-7-13(15)12(3)18(16)20-17(10)14/h4-9,20H,1-3H3. The summed E-state index contributed by atoms with van der Waals surface area (Å²) < 4.78 is 0. The molecule has 20 heavy (non-hydrogen) atoms. The lowest BCUT2D eigenvalue weighted by Crippen LogP contribution is -1.87. The van der Waals surface area contributed by atoms with Crippen LogP contribution in [0.25, 0.3) is 32.6 Å². The fraction of sp³-hybridized carbons (Fsp3) is 0.167. The Labute approximate surface area is 117 Å². The van der Waals surface area contributed by atoms with Gasteiger partial charge in [0.2, 0.25) is 0 Å². The fourth-order valence-electron chi connectivity index (χ4n) is 3.32. The number of aromatic nitrogens is 2. The van der Waals surface area contributed by atoms with Crippen molar-refractivity contribution < 1.29 is 0 Å². The van der Waals surface area contributed by atoms with Crippen LogP contribution < -0.4 is 0 Å². The van der Waals surface area contributed by atoms with E-state index in [0.29, 0.717) is 0 Å². The largest absolute Gasteiger partial charge is 0.354 e. The van der Waals surface area contributed by atoms with Crippen molar-refractivity contribution in [2.75, 3.05) is 0 Å². The number of H-pyrrole nitrogens is 1. The van der Waals surface area contributed by atoms with Crippen molar-refractivity contribution in [2.24, 2.45) is 0 Å². The van der Waals surface area contributed by atoms with Crippen molar-refractivity contribution in [2.45, 2.75) is 20.8 Å². The molecule has 2 heteroatoms. The molecule has 0 atom stereocenters.